The maximum atomic E-state index is 13.2. The summed E-state index contributed by atoms with van der Waals surface area (Å²) in [4.78, 5) is 22.0. The van der Waals surface area contributed by atoms with Gasteiger partial charge >= 0.3 is 0 Å². The van der Waals surface area contributed by atoms with Crippen LogP contribution >= 0.6 is 0 Å². The van der Waals surface area contributed by atoms with Crippen molar-refractivity contribution in [2.45, 2.75) is 19.9 Å². The highest BCUT2D eigenvalue weighted by Crippen LogP contribution is 2.27. The van der Waals surface area contributed by atoms with E-state index in [2.05, 4.69) is 15.1 Å². The number of methoxy groups -OCH3 is 1. The number of pyridine rings is 1. The van der Waals surface area contributed by atoms with E-state index in [0.717, 1.165) is 11.3 Å². The molecule has 0 saturated carbocycles. The molecule has 1 aromatic carbocycles. The number of hydrogen-bond acceptors (Lipinski definition) is 6. The summed E-state index contributed by atoms with van der Waals surface area (Å²) in [6.07, 6.45) is 2.20. The van der Waals surface area contributed by atoms with Gasteiger partial charge in [0.25, 0.3) is 11.3 Å². The standard InChI is InChI=1S/C19H19N5O3/c1-12-20-19-21-15-8-10-23(9-3-11-25)18(26)16(15)17(24(19)22-12)13-4-6-14(27-2)7-5-13/h4-8,10,25H,3,9,11H2,1-2H3. The topological polar surface area (TPSA) is 94.5 Å². The highest BCUT2D eigenvalue weighted by Gasteiger charge is 2.18. The van der Waals surface area contributed by atoms with Crippen molar-refractivity contribution < 1.29 is 9.84 Å². The lowest BCUT2D eigenvalue weighted by Crippen LogP contribution is -2.22. The van der Waals surface area contributed by atoms with Crippen LogP contribution < -0.4 is 10.3 Å². The molecule has 0 aliphatic heterocycles. The second-order valence-corrected chi connectivity index (χ2v) is 6.21. The monoisotopic (exact) mass is 365 g/mol. The van der Waals surface area contributed by atoms with E-state index in [-0.39, 0.29) is 12.2 Å². The molecule has 0 fully saturated rings. The molecule has 0 saturated heterocycles. The van der Waals surface area contributed by atoms with Crippen molar-refractivity contribution >= 4 is 16.7 Å². The van der Waals surface area contributed by atoms with Crippen LogP contribution in [-0.2, 0) is 6.54 Å². The maximum Gasteiger partial charge on any atom is 0.262 e. The Labute approximate surface area is 154 Å². The molecule has 0 bridgehead atoms. The fourth-order valence-electron chi connectivity index (χ4n) is 3.15. The van der Waals surface area contributed by atoms with Gasteiger partial charge < -0.3 is 14.4 Å². The number of aliphatic hydroxyl groups is 1. The van der Waals surface area contributed by atoms with E-state index < -0.39 is 0 Å². The zero-order valence-electron chi connectivity index (χ0n) is 15.1. The van der Waals surface area contributed by atoms with Gasteiger partial charge in [-0.15, -0.1) is 5.10 Å². The molecular weight excluding hydrogens is 346 g/mol. The Balaban J connectivity index is 2.07. The zero-order valence-corrected chi connectivity index (χ0v) is 15.1. The van der Waals surface area contributed by atoms with Gasteiger partial charge in [-0.25, -0.2) is 4.98 Å². The average molecular weight is 365 g/mol. The molecule has 8 nitrogen and oxygen atoms in total. The van der Waals surface area contributed by atoms with Gasteiger partial charge in [-0.2, -0.15) is 9.50 Å². The molecule has 8 heteroatoms. The number of nitrogens with zero attached hydrogens (tertiary/aromatic N) is 5. The molecule has 0 spiro atoms. The van der Waals surface area contributed by atoms with Crippen molar-refractivity contribution in [1.82, 2.24) is 24.1 Å². The van der Waals surface area contributed by atoms with Crippen LogP contribution in [0, 0.1) is 6.92 Å². The number of aryl methyl sites for hydroxylation is 2. The molecule has 0 radical (unpaired) electrons. The molecule has 4 rings (SSSR count). The van der Waals surface area contributed by atoms with Crippen LogP contribution in [-0.4, -0.2) is 43.0 Å². The van der Waals surface area contributed by atoms with Gasteiger partial charge in [-0.1, -0.05) is 0 Å². The number of hydrogen-bond donors (Lipinski definition) is 1. The molecule has 0 aliphatic rings. The first-order valence-electron chi connectivity index (χ1n) is 8.64. The van der Waals surface area contributed by atoms with Gasteiger partial charge in [0.15, 0.2) is 0 Å². The second-order valence-electron chi connectivity index (χ2n) is 6.21. The van der Waals surface area contributed by atoms with E-state index in [4.69, 9.17) is 9.84 Å². The molecule has 3 aromatic heterocycles. The van der Waals surface area contributed by atoms with Gasteiger partial charge in [0.05, 0.1) is 23.7 Å². The third-order valence-corrected chi connectivity index (χ3v) is 4.43. The van der Waals surface area contributed by atoms with E-state index in [1.807, 2.05) is 24.3 Å². The van der Waals surface area contributed by atoms with Crippen LogP contribution in [0.1, 0.15) is 12.2 Å². The predicted octanol–water partition coefficient (Wildman–Crippen LogP) is 1.81. The second kappa shape index (κ2) is 6.81. The van der Waals surface area contributed by atoms with E-state index in [1.54, 1.807) is 35.4 Å². The third kappa shape index (κ3) is 2.93. The number of aromatic nitrogens is 5. The number of rotatable bonds is 5. The molecule has 0 unspecified atom stereocenters. The minimum Gasteiger partial charge on any atom is -0.497 e. The number of fused-ring (bicyclic) bond motifs is 2. The highest BCUT2D eigenvalue weighted by atomic mass is 16.5. The van der Waals surface area contributed by atoms with Gasteiger partial charge in [0.2, 0.25) is 0 Å². The number of aliphatic hydroxyl groups excluding tert-OH is 1. The molecule has 138 valence electrons. The Kier molecular flexibility index (Phi) is 4.33. The van der Waals surface area contributed by atoms with Crippen LogP contribution in [0.2, 0.25) is 0 Å². The molecule has 0 aliphatic carbocycles. The fraction of sp³-hybridized carbons (Fsp3) is 0.263. The first-order chi connectivity index (χ1) is 13.1. The molecule has 1 N–H and O–H groups in total. The summed E-state index contributed by atoms with van der Waals surface area (Å²) in [5.41, 5.74) is 1.84. The minimum atomic E-state index is -0.172. The summed E-state index contributed by atoms with van der Waals surface area (Å²) in [6.45, 7) is 2.24. The summed E-state index contributed by atoms with van der Waals surface area (Å²) >= 11 is 0. The van der Waals surface area contributed by atoms with Crippen molar-refractivity contribution in [3.63, 3.8) is 0 Å². The van der Waals surface area contributed by atoms with Crippen molar-refractivity contribution in [3.8, 4) is 17.0 Å². The molecule has 4 aromatic rings. The lowest BCUT2D eigenvalue weighted by molar-refractivity contribution is 0.279. The molecule has 3 heterocycles. The lowest BCUT2D eigenvalue weighted by Gasteiger charge is -2.11. The van der Waals surface area contributed by atoms with Crippen LogP contribution in [0.15, 0.2) is 41.3 Å². The van der Waals surface area contributed by atoms with Gasteiger partial charge in [0.1, 0.15) is 11.6 Å². The maximum absolute atomic E-state index is 13.2. The van der Waals surface area contributed by atoms with E-state index in [9.17, 15) is 4.79 Å². The Morgan fingerprint density at radius 3 is 2.63 bits per heavy atom. The summed E-state index contributed by atoms with van der Waals surface area (Å²) in [6, 6.07) is 9.24. The fourth-order valence-corrected chi connectivity index (χ4v) is 3.15. The van der Waals surface area contributed by atoms with Crippen molar-refractivity contribution in [2.24, 2.45) is 0 Å². The van der Waals surface area contributed by atoms with Crippen LogP contribution in [0.5, 0.6) is 5.75 Å². The smallest absolute Gasteiger partial charge is 0.262 e. The predicted molar refractivity (Wildman–Crippen MR) is 101 cm³/mol. The Morgan fingerprint density at radius 2 is 1.93 bits per heavy atom. The van der Waals surface area contributed by atoms with Gasteiger partial charge in [0, 0.05) is 24.9 Å². The summed E-state index contributed by atoms with van der Waals surface area (Å²) in [7, 11) is 1.61. The molecular formula is C19H19N5O3. The normalized spacial score (nSPS) is 11.4. The average Bonchev–Trinajstić information content (AvgIpc) is 3.05. The summed E-state index contributed by atoms with van der Waals surface area (Å²) in [5, 5.41) is 14.0. The first-order valence-corrected chi connectivity index (χ1v) is 8.64. The Morgan fingerprint density at radius 1 is 1.15 bits per heavy atom. The quantitative estimate of drug-likeness (QED) is 0.580. The largest absolute Gasteiger partial charge is 0.497 e. The van der Waals surface area contributed by atoms with Gasteiger partial charge in [-0.3, -0.25) is 4.79 Å². The van der Waals surface area contributed by atoms with Crippen LogP contribution in [0.25, 0.3) is 27.9 Å². The SMILES string of the molecule is COc1ccc(-c2c3c(=O)n(CCCO)ccc3nc3nc(C)nn23)cc1. The van der Waals surface area contributed by atoms with Crippen molar-refractivity contribution in [3.05, 3.63) is 52.7 Å². The highest BCUT2D eigenvalue weighted by molar-refractivity contribution is 5.93. The van der Waals surface area contributed by atoms with Crippen LogP contribution in [0.4, 0.5) is 0 Å². The van der Waals surface area contributed by atoms with Crippen molar-refractivity contribution in [2.75, 3.05) is 13.7 Å². The van der Waals surface area contributed by atoms with E-state index in [1.165, 1.54) is 0 Å². The zero-order chi connectivity index (χ0) is 19.0. The lowest BCUT2D eigenvalue weighted by atomic mass is 10.1. The van der Waals surface area contributed by atoms with Gasteiger partial charge in [-0.05, 0) is 43.7 Å². The van der Waals surface area contributed by atoms with Crippen LogP contribution in [0.3, 0.4) is 0 Å². The van der Waals surface area contributed by atoms with E-state index >= 15 is 0 Å². The minimum absolute atomic E-state index is 0.0232. The first kappa shape index (κ1) is 17.2. The number of ether oxygens (including phenoxy) is 1. The third-order valence-electron chi connectivity index (χ3n) is 4.43. The molecule has 27 heavy (non-hydrogen) atoms. The Hall–Kier alpha value is -3.26. The van der Waals surface area contributed by atoms with E-state index in [0.29, 0.717) is 41.2 Å². The molecule has 0 atom stereocenters. The molecule has 0 amide bonds. The number of benzene rings is 1. The van der Waals surface area contributed by atoms with Crippen molar-refractivity contribution in [1.29, 1.82) is 0 Å². The summed E-state index contributed by atoms with van der Waals surface area (Å²) in [5.74, 6) is 1.75. The summed E-state index contributed by atoms with van der Waals surface area (Å²) < 4.78 is 8.43. The Bertz CT molecular complexity index is 1180.